The zero-order chi connectivity index (χ0) is 13.3. The third-order valence-corrected chi connectivity index (χ3v) is 3.78. The van der Waals surface area contributed by atoms with E-state index >= 15 is 0 Å². The molecular formula is C8H5BrClF3O3S. The highest BCUT2D eigenvalue weighted by molar-refractivity contribution is 9.10. The highest BCUT2D eigenvalue weighted by Crippen LogP contribution is 2.27. The van der Waals surface area contributed by atoms with Crippen LogP contribution >= 0.6 is 27.5 Å². The molecule has 0 heterocycles. The molecule has 0 fully saturated rings. The van der Waals surface area contributed by atoms with Gasteiger partial charge in [-0.15, -0.1) is 0 Å². The Morgan fingerprint density at radius 1 is 1.35 bits per heavy atom. The van der Waals surface area contributed by atoms with Crippen molar-refractivity contribution in [2.75, 3.05) is 6.61 Å². The summed E-state index contributed by atoms with van der Waals surface area (Å²) in [6.45, 7) is -1.89. The van der Waals surface area contributed by atoms with Gasteiger partial charge in [0.05, 0.1) is 5.02 Å². The second kappa shape index (κ2) is 5.13. The van der Waals surface area contributed by atoms with Gasteiger partial charge in [0.25, 0.3) is 10.1 Å². The van der Waals surface area contributed by atoms with Crippen LogP contribution in [-0.2, 0) is 14.3 Å². The Labute approximate surface area is 109 Å². The molecule has 0 amide bonds. The molecule has 0 aliphatic rings. The molecular weight excluding hydrogens is 349 g/mol. The van der Waals surface area contributed by atoms with E-state index in [1.165, 1.54) is 12.1 Å². The van der Waals surface area contributed by atoms with Gasteiger partial charge in [-0.25, -0.2) is 0 Å². The number of benzene rings is 1. The monoisotopic (exact) mass is 352 g/mol. The number of hydrogen-bond acceptors (Lipinski definition) is 3. The van der Waals surface area contributed by atoms with E-state index in [-0.39, 0.29) is 5.02 Å². The molecule has 3 nitrogen and oxygen atoms in total. The third kappa shape index (κ3) is 4.46. The van der Waals surface area contributed by atoms with Gasteiger partial charge < -0.3 is 0 Å². The highest BCUT2D eigenvalue weighted by Gasteiger charge is 2.32. The van der Waals surface area contributed by atoms with Gasteiger partial charge in [0.2, 0.25) is 0 Å². The summed E-state index contributed by atoms with van der Waals surface area (Å²) in [5.74, 6) is 0. The standard InChI is InChI=1S/C8H5BrClF3O3S/c9-5-1-2-7(6(10)3-5)17(14,15)16-4-8(11,12)13/h1-3H,4H2. The number of hydrogen-bond donors (Lipinski definition) is 0. The van der Waals surface area contributed by atoms with Crippen molar-refractivity contribution in [2.24, 2.45) is 0 Å². The van der Waals surface area contributed by atoms with Gasteiger partial charge in [0.15, 0.2) is 6.61 Å². The van der Waals surface area contributed by atoms with E-state index in [0.717, 1.165) is 6.07 Å². The van der Waals surface area contributed by atoms with Crippen LogP contribution in [0.4, 0.5) is 13.2 Å². The lowest BCUT2D eigenvalue weighted by Gasteiger charge is -2.09. The van der Waals surface area contributed by atoms with Crippen molar-refractivity contribution in [1.82, 2.24) is 0 Å². The van der Waals surface area contributed by atoms with E-state index in [2.05, 4.69) is 20.1 Å². The predicted octanol–water partition coefficient (Wildman–Crippen LogP) is 3.37. The van der Waals surface area contributed by atoms with Crippen molar-refractivity contribution < 1.29 is 25.8 Å². The zero-order valence-electron chi connectivity index (χ0n) is 7.96. The average Bonchev–Trinajstić information content (AvgIpc) is 2.13. The van der Waals surface area contributed by atoms with E-state index in [9.17, 15) is 21.6 Å². The van der Waals surface area contributed by atoms with Gasteiger partial charge in [-0.1, -0.05) is 27.5 Å². The summed E-state index contributed by atoms with van der Waals surface area (Å²) < 4.78 is 62.6. The molecule has 0 atom stereocenters. The van der Waals surface area contributed by atoms with E-state index in [1.54, 1.807) is 0 Å². The zero-order valence-corrected chi connectivity index (χ0v) is 11.1. The van der Waals surface area contributed by atoms with Crippen molar-refractivity contribution in [3.05, 3.63) is 27.7 Å². The van der Waals surface area contributed by atoms with Crippen LogP contribution in [0, 0.1) is 0 Å². The normalized spacial score (nSPS) is 12.8. The number of alkyl halides is 3. The maximum atomic E-state index is 11.8. The second-order valence-electron chi connectivity index (χ2n) is 2.91. The topological polar surface area (TPSA) is 43.4 Å². The van der Waals surface area contributed by atoms with Gasteiger partial charge in [0.1, 0.15) is 4.90 Å². The van der Waals surface area contributed by atoms with Crippen LogP contribution in [-0.4, -0.2) is 21.2 Å². The van der Waals surface area contributed by atoms with Gasteiger partial charge in [-0.3, -0.25) is 4.18 Å². The molecule has 0 saturated heterocycles. The van der Waals surface area contributed by atoms with E-state index < -0.39 is 27.8 Å². The molecule has 1 aromatic rings. The van der Waals surface area contributed by atoms with Crippen LogP contribution in [0.25, 0.3) is 0 Å². The smallest absolute Gasteiger partial charge is 0.257 e. The van der Waals surface area contributed by atoms with Crippen molar-refractivity contribution in [1.29, 1.82) is 0 Å². The van der Waals surface area contributed by atoms with Crippen LogP contribution in [0.2, 0.25) is 5.02 Å². The largest absolute Gasteiger partial charge is 0.413 e. The molecule has 9 heteroatoms. The fraction of sp³-hybridized carbons (Fsp3) is 0.250. The minimum absolute atomic E-state index is 0.221. The van der Waals surface area contributed by atoms with E-state index in [1.807, 2.05) is 0 Å². The van der Waals surface area contributed by atoms with Gasteiger partial charge in [0, 0.05) is 4.47 Å². The molecule has 0 radical (unpaired) electrons. The van der Waals surface area contributed by atoms with Crippen molar-refractivity contribution in [2.45, 2.75) is 11.1 Å². The molecule has 0 aliphatic heterocycles. The minimum atomic E-state index is -4.73. The first-order valence-electron chi connectivity index (χ1n) is 4.03. The fourth-order valence-corrected chi connectivity index (χ4v) is 2.79. The Kier molecular flexibility index (Phi) is 4.45. The van der Waals surface area contributed by atoms with Gasteiger partial charge in [-0.2, -0.15) is 21.6 Å². The quantitative estimate of drug-likeness (QED) is 0.783. The first kappa shape index (κ1) is 14.7. The third-order valence-electron chi connectivity index (χ3n) is 1.54. The lowest BCUT2D eigenvalue weighted by atomic mass is 10.4. The van der Waals surface area contributed by atoms with Crippen molar-refractivity contribution >= 4 is 37.6 Å². The van der Waals surface area contributed by atoms with Crippen molar-refractivity contribution in [3.8, 4) is 0 Å². The van der Waals surface area contributed by atoms with Crippen LogP contribution in [0.15, 0.2) is 27.6 Å². The summed E-state index contributed by atoms with van der Waals surface area (Å²) in [6.07, 6.45) is -4.73. The Morgan fingerprint density at radius 2 is 1.94 bits per heavy atom. The van der Waals surface area contributed by atoms with E-state index in [4.69, 9.17) is 11.6 Å². The SMILES string of the molecule is O=S(=O)(OCC(F)(F)F)c1ccc(Br)cc1Cl. The molecule has 96 valence electrons. The average molecular weight is 354 g/mol. The molecule has 0 spiro atoms. The van der Waals surface area contributed by atoms with Crippen LogP contribution in [0.5, 0.6) is 0 Å². The summed E-state index contributed by atoms with van der Waals surface area (Å²) >= 11 is 8.63. The summed E-state index contributed by atoms with van der Waals surface area (Å²) in [6, 6.07) is 3.62. The molecule has 0 saturated carbocycles. The first-order chi connectivity index (χ1) is 7.62. The van der Waals surface area contributed by atoms with Crippen LogP contribution in [0.3, 0.4) is 0 Å². The fourth-order valence-electron chi connectivity index (χ4n) is 0.886. The second-order valence-corrected chi connectivity index (χ2v) is 5.81. The highest BCUT2D eigenvalue weighted by atomic mass is 79.9. The first-order valence-corrected chi connectivity index (χ1v) is 6.61. The predicted molar refractivity (Wildman–Crippen MR) is 58.3 cm³/mol. The minimum Gasteiger partial charge on any atom is -0.257 e. The van der Waals surface area contributed by atoms with Crippen molar-refractivity contribution in [3.63, 3.8) is 0 Å². The molecule has 1 aromatic carbocycles. The maximum absolute atomic E-state index is 11.8. The lowest BCUT2D eigenvalue weighted by Crippen LogP contribution is -2.20. The molecule has 0 unspecified atom stereocenters. The number of halogens is 5. The Bertz CT molecular complexity index is 515. The molecule has 0 aliphatic carbocycles. The molecule has 17 heavy (non-hydrogen) atoms. The van der Waals surface area contributed by atoms with Gasteiger partial charge in [-0.05, 0) is 18.2 Å². The summed E-state index contributed by atoms with van der Waals surface area (Å²) in [4.78, 5) is -0.508. The maximum Gasteiger partial charge on any atom is 0.413 e. The lowest BCUT2D eigenvalue weighted by molar-refractivity contribution is -0.152. The van der Waals surface area contributed by atoms with Crippen LogP contribution in [0.1, 0.15) is 0 Å². The molecule has 0 aromatic heterocycles. The molecule has 0 bridgehead atoms. The summed E-state index contributed by atoms with van der Waals surface area (Å²) in [5.41, 5.74) is 0. The van der Waals surface area contributed by atoms with E-state index in [0.29, 0.717) is 4.47 Å². The summed E-state index contributed by atoms with van der Waals surface area (Å²) in [5, 5.41) is -0.221. The molecule has 0 N–H and O–H groups in total. The number of rotatable bonds is 3. The Hall–Kier alpha value is -0.310. The Morgan fingerprint density at radius 3 is 2.41 bits per heavy atom. The van der Waals surface area contributed by atoms with Crippen LogP contribution < -0.4 is 0 Å². The van der Waals surface area contributed by atoms with Gasteiger partial charge >= 0.3 is 6.18 Å². The summed E-state index contributed by atoms with van der Waals surface area (Å²) in [7, 11) is -4.51. The molecule has 1 rings (SSSR count). The Balaban J connectivity index is 2.98.